The van der Waals surface area contributed by atoms with Gasteiger partial charge in [0.2, 0.25) is 0 Å². The molecule has 16 heavy (non-hydrogen) atoms. The molecule has 0 rings (SSSR count). The van der Waals surface area contributed by atoms with Gasteiger partial charge in [0.15, 0.2) is 0 Å². The summed E-state index contributed by atoms with van der Waals surface area (Å²) in [6, 6.07) is 0. The van der Waals surface area contributed by atoms with Gasteiger partial charge in [-0.3, -0.25) is 0 Å². The van der Waals surface area contributed by atoms with Gasteiger partial charge in [0.05, 0.1) is 12.5 Å². The summed E-state index contributed by atoms with van der Waals surface area (Å²) >= 11 is 0. The summed E-state index contributed by atoms with van der Waals surface area (Å²) in [6.07, 6.45) is 7.84. The third-order valence-electron chi connectivity index (χ3n) is 2.17. The normalized spacial score (nSPS) is 10.6. The van der Waals surface area contributed by atoms with Crippen molar-refractivity contribution in [3.8, 4) is 23.7 Å². The van der Waals surface area contributed by atoms with E-state index in [-0.39, 0.29) is 0 Å². The Morgan fingerprint density at radius 1 is 1.12 bits per heavy atom. The third kappa shape index (κ3) is 10.9. The minimum absolute atomic E-state index is 0.422. The lowest BCUT2D eigenvalue weighted by Gasteiger charge is -1.98. The zero-order chi connectivity index (χ0) is 12.1. The topological polar surface area (TPSA) is 20.2 Å². The maximum absolute atomic E-state index is 9.17. The van der Waals surface area contributed by atoms with Crippen molar-refractivity contribution in [3.05, 3.63) is 12.7 Å². The summed E-state index contributed by atoms with van der Waals surface area (Å²) in [5, 5.41) is 9.17. The number of aliphatic hydroxyl groups is 1. The van der Waals surface area contributed by atoms with Gasteiger partial charge in [0, 0.05) is 12.8 Å². The van der Waals surface area contributed by atoms with Crippen LogP contribution in [0.5, 0.6) is 0 Å². The molecule has 0 aliphatic rings. The Bertz CT molecular complexity index is 282. The van der Waals surface area contributed by atoms with E-state index < -0.39 is 6.10 Å². The van der Waals surface area contributed by atoms with Crippen LogP contribution >= 0.6 is 0 Å². The monoisotopic (exact) mass is 218 g/mol. The molecule has 88 valence electrons. The number of aliphatic hydroxyl groups excluding tert-OH is 1. The lowest BCUT2D eigenvalue weighted by molar-refractivity contribution is 0.215. The predicted octanol–water partition coefficient (Wildman–Crippen LogP) is 3.29. The SMILES string of the molecule is C=CC(O)CCC#CCC#CCCCCC. The number of rotatable bonds is 6. The summed E-state index contributed by atoms with van der Waals surface area (Å²) in [5.41, 5.74) is 0. The second kappa shape index (κ2) is 11.9. The molecule has 0 saturated carbocycles. The number of hydrogen-bond donors (Lipinski definition) is 1. The molecule has 0 heterocycles. The first-order chi connectivity index (χ1) is 7.81. The highest BCUT2D eigenvalue weighted by atomic mass is 16.3. The smallest absolute Gasteiger partial charge is 0.0727 e. The molecule has 0 amide bonds. The average molecular weight is 218 g/mol. The van der Waals surface area contributed by atoms with Crippen LogP contribution in [-0.4, -0.2) is 11.2 Å². The van der Waals surface area contributed by atoms with E-state index in [4.69, 9.17) is 5.11 Å². The molecule has 0 spiro atoms. The van der Waals surface area contributed by atoms with E-state index in [0.29, 0.717) is 19.3 Å². The first-order valence-corrected chi connectivity index (χ1v) is 6.03. The Balaban J connectivity index is 3.42. The van der Waals surface area contributed by atoms with E-state index in [1.807, 2.05) is 0 Å². The average Bonchev–Trinajstić information content (AvgIpc) is 2.31. The minimum Gasteiger partial charge on any atom is -0.389 e. The molecule has 0 fully saturated rings. The zero-order valence-corrected chi connectivity index (χ0v) is 10.3. The molecule has 0 bridgehead atoms. The van der Waals surface area contributed by atoms with Crippen LogP contribution in [0.2, 0.25) is 0 Å². The summed E-state index contributed by atoms with van der Waals surface area (Å²) in [7, 11) is 0. The van der Waals surface area contributed by atoms with Crippen LogP contribution in [0.1, 0.15) is 51.9 Å². The minimum atomic E-state index is -0.422. The van der Waals surface area contributed by atoms with Crippen LogP contribution < -0.4 is 0 Å². The molecule has 0 aliphatic carbocycles. The van der Waals surface area contributed by atoms with Gasteiger partial charge >= 0.3 is 0 Å². The van der Waals surface area contributed by atoms with Gasteiger partial charge in [-0.05, 0) is 12.8 Å². The van der Waals surface area contributed by atoms with Crippen LogP contribution in [0.4, 0.5) is 0 Å². The molecular formula is C15H22O. The van der Waals surface area contributed by atoms with Crippen molar-refractivity contribution in [2.75, 3.05) is 0 Å². The standard InChI is InChI=1S/C15H22O/c1-3-5-6-7-8-9-10-11-12-13-14-15(16)4-2/h4,15-16H,2-3,5-7,10,13-14H2,1H3. The molecule has 0 radical (unpaired) electrons. The molecule has 0 aromatic rings. The van der Waals surface area contributed by atoms with E-state index in [1.165, 1.54) is 25.3 Å². The quantitative estimate of drug-likeness (QED) is 0.412. The van der Waals surface area contributed by atoms with E-state index in [9.17, 15) is 0 Å². The van der Waals surface area contributed by atoms with Crippen molar-refractivity contribution in [2.24, 2.45) is 0 Å². The van der Waals surface area contributed by atoms with Crippen molar-refractivity contribution in [1.29, 1.82) is 0 Å². The maximum atomic E-state index is 9.17. The fraction of sp³-hybridized carbons (Fsp3) is 0.600. The Morgan fingerprint density at radius 3 is 2.44 bits per heavy atom. The van der Waals surface area contributed by atoms with Crippen LogP contribution in [-0.2, 0) is 0 Å². The van der Waals surface area contributed by atoms with E-state index >= 15 is 0 Å². The van der Waals surface area contributed by atoms with Gasteiger partial charge in [0.25, 0.3) is 0 Å². The lowest BCUT2D eigenvalue weighted by Crippen LogP contribution is -1.99. The van der Waals surface area contributed by atoms with Crippen LogP contribution in [0.15, 0.2) is 12.7 Å². The first kappa shape index (κ1) is 14.8. The van der Waals surface area contributed by atoms with Crippen LogP contribution in [0.3, 0.4) is 0 Å². The van der Waals surface area contributed by atoms with Crippen molar-refractivity contribution in [2.45, 2.75) is 58.0 Å². The highest BCUT2D eigenvalue weighted by molar-refractivity contribution is 5.11. The first-order valence-electron chi connectivity index (χ1n) is 6.03. The van der Waals surface area contributed by atoms with E-state index in [0.717, 1.165) is 6.42 Å². The Hall–Kier alpha value is -1.18. The van der Waals surface area contributed by atoms with Gasteiger partial charge in [-0.25, -0.2) is 0 Å². The molecule has 1 nitrogen and oxygen atoms in total. The molecule has 0 aromatic heterocycles. The van der Waals surface area contributed by atoms with Crippen molar-refractivity contribution < 1.29 is 5.11 Å². The fourth-order valence-corrected chi connectivity index (χ4v) is 1.15. The second-order valence-electron chi connectivity index (χ2n) is 3.68. The molecular weight excluding hydrogens is 196 g/mol. The van der Waals surface area contributed by atoms with Gasteiger partial charge in [0.1, 0.15) is 0 Å². The van der Waals surface area contributed by atoms with Crippen molar-refractivity contribution >= 4 is 0 Å². The molecule has 1 N–H and O–H groups in total. The molecule has 0 aliphatic heterocycles. The van der Waals surface area contributed by atoms with E-state index in [1.54, 1.807) is 0 Å². The Morgan fingerprint density at radius 2 is 1.81 bits per heavy atom. The molecule has 0 saturated heterocycles. The van der Waals surface area contributed by atoms with Gasteiger partial charge in [-0.2, -0.15) is 0 Å². The molecule has 1 unspecified atom stereocenters. The highest BCUT2D eigenvalue weighted by Gasteiger charge is 1.93. The largest absolute Gasteiger partial charge is 0.389 e. The maximum Gasteiger partial charge on any atom is 0.0727 e. The zero-order valence-electron chi connectivity index (χ0n) is 10.3. The Kier molecular flexibility index (Phi) is 11.0. The van der Waals surface area contributed by atoms with E-state index in [2.05, 4.69) is 37.2 Å². The van der Waals surface area contributed by atoms with Crippen LogP contribution in [0.25, 0.3) is 0 Å². The Labute approximate surface area is 100.0 Å². The molecule has 0 aromatic carbocycles. The lowest BCUT2D eigenvalue weighted by atomic mass is 10.2. The van der Waals surface area contributed by atoms with Crippen LogP contribution in [0, 0.1) is 23.7 Å². The highest BCUT2D eigenvalue weighted by Crippen LogP contribution is 1.97. The van der Waals surface area contributed by atoms with Crippen molar-refractivity contribution in [3.63, 3.8) is 0 Å². The summed E-state index contributed by atoms with van der Waals surface area (Å²) in [5.74, 6) is 12.1. The summed E-state index contributed by atoms with van der Waals surface area (Å²) in [6.45, 7) is 5.69. The fourth-order valence-electron chi connectivity index (χ4n) is 1.15. The second-order valence-corrected chi connectivity index (χ2v) is 3.68. The number of hydrogen-bond acceptors (Lipinski definition) is 1. The third-order valence-corrected chi connectivity index (χ3v) is 2.17. The molecule has 1 atom stereocenters. The van der Waals surface area contributed by atoms with Gasteiger partial charge < -0.3 is 5.11 Å². The van der Waals surface area contributed by atoms with Gasteiger partial charge in [-0.15, -0.1) is 18.4 Å². The van der Waals surface area contributed by atoms with Crippen molar-refractivity contribution in [1.82, 2.24) is 0 Å². The number of unbranched alkanes of at least 4 members (excludes halogenated alkanes) is 3. The molecule has 1 heteroatoms. The van der Waals surface area contributed by atoms with Gasteiger partial charge in [-0.1, -0.05) is 37.7 Å². The summed E-state index contributed by atoms with van der Waals surface area (Å²) in [4.78, 5) is 0. The predicted molar refractivity (Wildman–Crippen MR) is 69.7 cm³/mol. The summed E-state index contributed by atoms with van der Waals surface area (Å²) < 4.78 is 0.